The minimum Gasteiger partial charge on any atom is -0.463 e. The van der Waals surface area contributed by atoms with Gasteiger partial charge in [-0.2, -0.15) is 0 Å². The van der Waals surface area contributed by atoms with Gasteiger partial charge in [0.2, 0.25) is 11.6 Å². The zero-order chi connectivity index (χ0) is 21.2. The van der Waals surface area contributed by atoms with Crippen molar-refractivity contribution in [1.82, 2.24) is 0 Å². The van der Waals surface area contributed by atoms with Gasteiger partial charge in [-0.1, -0.05) is 30.0 Å². The van der Waals surface area contributed by atoms with Crippen LogP contribution in [0.15, 0.2) is 35.2 Å². The molecule has 0 saturated carbocycles. The Bertz CT molecular complexity index is 703. The molecule has 1 aromatic rings. The van der Waals surface area contributed by atoms with Gasteiger partial charge < -0.3 is 33.5 Å². The highest BCUT2D eigenvalue weighted by Gasteiger charge is 2.62. The van der Waals surface area contributed by atoms with Crippen molar-refractivity contribution in [1.29, 1.82) is 0 Å². The third kappa shape index (κ3) is 4.46. The first-order valence-corrected chi connectivity index (χ1v) is 10.3. The van der Waals surface area contributed by atoms with E-state index < -0.39 is 47.4 Å². The molecular formula is C20H28O8S. The van der Waals surface area contributed by atoms with Crippen LogP contribution in [0.25, 0.3) is 0 Å². The second kappa shape index (κ2) is 8.89. The number of thioether (sulfide) groups is 1. The number of carbonyl (C=O) groups excluding carboxylic acids is 1. The van der Waals surface area contributed by atoms with Crippen LogP contribution < -0.4 is 0 Å². The van der Waals surface area contributed by atoms with E-state index in [0.717, 1.165) is 4.90 Å². The molecule has 8 nitrogen and oxygen atoms in total. The standard InChI is InChI=1S/C20H28O8S/c1-12(21)25-11-14-15(22)16-17(18(26-14)29-13-9-7-6-8-10-13)28-20(3,24-5)19(2,23-4)27-16/h6-10,14-18,22H,11H2,1-5H3/t14?,15-,16?,17?,18-,19?,20?/m1/s1. The molecule has 9 heteroatoms. The summed E-state index contributed by atoms with van der Waals surface area (Å²) in [6, 6.07) is 9.68. The number of hydrogen-bond acceptors (Lipinski definition) is 9. The van der Waals surface area contributed by atoms with Crippen LogP contribution in [0.4, 0.5) is 0 Å². The number of ether oxygens (including phenoxy) is 6. The average molecular weight is 429 g/mol. The lowest BCUT2D eigenvalue weighted by Crippen LogP contribution is -2.72. The van der Waals surface area contributed by atoms with Gasteiger partial charge in [-0.05, 0) is 26.0 Å². The van der Waals surface area contributed by atoms with Crippen LogP contribution in [-0.4, -0.2) is 73.3 Å². The predicted molar refractivity (Wildman–Crippen MR) is 104 cm³/mol. The zero-order valence-corrected chi connectivity index (χ0v) is 18.0. The van der Waals surface area contributed by atoms with Gasteiger partial charge in [-0.25, -0.2) is 0 Å². The summed E-state index contributed by atoms with van der Waals surface area (Å²) in [4.78, 5) is 12.2. The summed E-state index contributed by atoms with van der Waals surface area (Å²) in [5, 5.41) is 10.9. The predicted octanol–water partition coefficient (Wildman–Crippen LogP) is 1.94. The molecule has 2 heterocycles. The fraction of sp³-hybridized carbons (Fsp3) is 0.650. The van der Waals surface area contributed by atoms with Gasteiger partial charge in [0.1, 0.15) is 36.5 Å². The maximum absolute atomic E-state index is 11.3. The van der Waals surface area contributed by atoms with Crippen LogP contribution in [0.1, 0.15) is 20.8 Å². The minimum atomic E-state index is -1.27. The van der Waals surface area contributed by atoms with E-state index in [9.17, 15) is 9.90 Å². The zero-order valence-electron chi connectivity index (χ0n) is 17.2. The van der Waals surface area contributed by atoms with Crippen molar-refractivity contribution in [3.8, 4) is 0 Å². The molecule has 0 aliphatic carbocycles. The Balaban J connectivity index is 1.90. The molecule has 2 aliphatic rings. The van der Waals surface area contributed by atoms with Crippen LogP contribution in [-0.2, 0) is 33.2 Å². The van der Waals surface area contributed by atoms with Gasteiger partial charge in [0.25, 0.3) is 0 Å². The maximum Gasteiger partial charge on any atom is 0.302 e. The number of rotatable bonds is 6. The Morgan fingerprint density at radius 1 is 1.10 bits per heavy atom. The lowest BCUT2D eigenvalue weighted by Gasteiger charge is -2.56. The van der Waals surface area contributed by atoms with Crippen LogP contribution in [0.5, 0.6) is 0 Å². The third-order valence-corrected chi connectivity index (χ3v) is 6.55. The van der Waals surface area contributed by atoms with Crippen molar-refractivity contribution < 1.29 is 38.3 Å². The summed E-state index contributed by atoms with van der Waals surface area (Å²) >= 11 is 1.43. The van der Waals surface area contributed by atoms with Gasteiger partial charge in [0, 0.05) is 26.0 Å². The fourth-order valence-electron chi connectivity index (χ4n) is 3.42. The summed E-state index contributed by atoms with van der Waals surface area (Å²) in [5.41, 5.74) is -0.540. The highest BCUT2D eigenvalue weighted by Crippen LogP contribution is 2.46. The monoisotopic (exact) mass is 428 g/mol. The maximum atomic E-state index is 11.3. The number of esters is 1. The Hall–Kier alpha value is -1.20. The average Bonchev–Trinajstić information content (AvgIpc) is 2.71. The van der Waals surface area contributed by atoms with E-state index in [-0.39, 0.29) is 6.61 Å². The Kier molecular flexibility index (Phi) is 6.89. The summed E-state index contributed by atoms with van der Waals surface area (Å²) < 4.78 is 34.8. The number of methoxy groups -OCH3 is 2. The smallest absolute Gasteiger partial charge is 0.302 e. The Morgan fingerprint density at radius 2 is 1.69 bits per heavy atom. The van der Waals surface area contributed by atoms with Gasteiger partial charge >= 0.3 is 5.97 Å². The van der Waals surface area contributed by atoms with Gasteiger partial charge in [0.05, 0.1) is 0 Å². The van der Waals surface area contributed by atoms with Gasteiger partial charge in [-0.15, -0.1) is 0 Å². The van der Waals surface area contributed by atoms with Crippen molar-refractivity contribution in [2.24, 2.45) is 0 Å². The molecule has 0 aromatic heterocycles. The van der Waals surface area contributed by atoms with Crippen molar-refractivity contribution >= 4 is 17.7 Å². The lowest BCUT2D eigenvalue weighted by molar-refractivity contribution is -0.467. The molecule has 2 aliphatic heterocycles. The van der Waals surface area contributed by atoms with Crippen molar-refractivity contribution in [2.75, 3.05) is 20.8 Å². The molecule has 2 fully saturated rings. The van der Waals surface area contributed by atoms with E-state index in [0.29, 0.717) is 0 Å². The van der Waals surface area contributed by atoms with E-state index in [1.54, 1.807) is 13.8 Å². The molecule has 1 N–H and O–H groups in total. The third-order valence-electron chi connectivity index (χ3n) is 5.39. The number of hydrogen-bond donors (Lipinski definition) is 1. The van der Waals surface area contributed by atoms with Crippen molar-refractivity contribution in [2.45, 2.75) is 67.1 Å². The first-order valence-electron chi connectivity index (χ1n) is 9.37. The highest BCUT2D eigenvalue weighted by molar-refractivity contribution is 7.99. The van der Waals surface area contributed by atoms with E-state index in [1.165, 1.54) is 32.9 Å². The molecule has 5 unspecified atom stereocenters. The molecule has 1 aromatic carbocycles. The summed E-state index contributed by atoms with van der Waals surface area (Å²) in [6.07, 6.45) is -3.31. The van der Waals surface area contributed by atoms with Crippen LogP contribution >= 0.6 is 11.8 Å². The number of carbonyl (C=O) groups is 1. The summed E-state index contributed by atoms with van der Waals surface area (Å²) in [7, 11) is 2.99. The molecule has 2 saturated heterocycles. The molecule has 3 rings (SSSR count). The summed E-state index contributed by atoms with van der Waals surface area (Å²) in [6.45, 7) is 4.62. The Morgan fingerprint density at radius 3 is 2.24 bits per heavy atom. The second-order valence-electron chi connectivity index (χ2n) is 7.23. The van der Waals surface area contributed by atoms with E-state index in [2.05, 4.69) is 0 Å². The molecule has 7 atom stereocenters. The number of aliphatic hydroxyl groups excluding tert-OH is 1. The molecule has 29 heavy (non-hydrogen) atoms. The second-order valence-corrected chi connectivity index (χ2v) is 8.40. The van der Waals surface area contributed by atoms with Crippen LogP contribution in [0, 0.1) is 0 Å². The minimum absolute atomic E-state index is 0.0971. The molecule has 0 bridgehead atoms. The first-order chi connectivity index (χ1) is 13.7. The van der Waals surface area contributed by atoms with E-state index in [1.807, 2.05) is 30.3 Å². The van der Waals surface area contributed by atoms with E-state index >= 15 is 0 Å². The first kappa shape index (κ1) is 22.5. The van der Waals surface area contributed by atoms with Crippen molar-refractivity contribution in [3.63, 3.8) is 0 Å². The molecule has 0 radical (unpaired) electrons. The topological polar surface area (TPSA) is 92.7 Å². The largest absolute Gasteiger partial charge is 0.463 e. The molecular weight excluding hydrogens is 400 g/mol. The van der Waals surface area contributed by atoms with E-state index in [4.69, 9.17) is 28.4 Å². The van der Waals surface area contributed by atoms with Crippen LogP contribution in [0.3, 0.4) is 0 Å². The molecule has 162 valence electrons. The van der Waals surface area contributed by atoms with Crippen molar-refractivity contribution in [3.05, 3.63) is 30.3 Å². The Labute approximate surface area is 174 Å². The molecule has 0 spiro atoms. The summed E-state index contributed by atoms with van der Waals surface area (Å²) in [5.74, 6) is -2.95. The SMILES string of the molecule is COC1(C)OC2C(OC1(C)OC)[C@@H](Sc1ccccc1)OC(COC(C)=O)[C@H]2O. The van der Waals surface area contributed by atoms with Crippen LogP contribution in [0.2, 0.25) is 0 Å². The molecule has 0 amide bonds. The number of aliphatic hydroxyl groups is 1. The quantitative estimate of drug-likeness (QED) is 0.682. The number of fused-ring (bicyclic) bond motifs is 1. The van der Waals surface area contributed by atoms with Gasteiger partial charge in [0.15, 0.2) is 0 Å². The lowest BCUT2D eigenvalue weighted by atomic mass is 9.95. The fourth-order valence-corrected chi connectivity index (χ4v) is 4.54. The number of benzene rings is 1. The highest BCUT2D eigenvalue weighted by atomic mass is 32.2. The normalized spacial score (nSPS) is 39.6. The van der Waals surface area contributed by atoms with Gasteiger partial charge in [-0.3, -0.25) is 4.79 Å².